The van der Waals surface area contributed by atoms with Gasteiger partial charge in [-0.3, -0.25) is 0 Å². The van der Waals surface area contributed by atoms with Crippen LogP contribution < -0.4 is 11.1 Å². The third-order valence-corrected chi connectivity index (χ3v) is 2.76. The molecule has 3 N–H and O–H groups in total. The molecule has 0 saturated carbocycles. The first-order valence-electron chi connectivity index (χ1n) is 5.73. The van der Waals surface area contributed by atoms with E-state index in [1.165, 1.54) is 0 Å². The molecule has 1 aliphatic heterocycles. The molecule has 0 radical (unpaired) electrons. The van der Waals surface area contributed by atoms with Crippen molar-refractivity contribution < 1.29 is 4.79 Å². The SMILES string of the molecule is CCN(CCCN)CCN1CCNC1=O. The van der Waals surface area contributed by atoms with Gasteiger partial charge in [-0.2, -0.15) is 0 Å². The third kappa shape index (κ3) is 4.05. The second-order valence-corrected chi connectivity index (χ2v) is 3.80. The number of carbonyl (C=O) groups is 1. The lowest BCUT2D eigenvalue weighted by molar-refractivity contribution is 0.202. The summed E-state index contributed by atoms with van der Waals surface area (Å²) in [6.07, 6.45) is 1.03. The van der Waals surface area contributed by atoms with E-state index in [2.05, 4.69) is 17.1 Å². The molecule has 1 saturated heterocycles. The number of nitrogens with zero attached hydrogens (tertiary/aromatic N) is 2. The normalized spacial score (nSPS) is 16.2. The van der Waals surface area contributed by atoms with Gasteiger partial charge in [0.1, 0.15) is 0 Å². The summed E-state index contributed by atoms with van der Waals surface area (Å²) in [5.41, 5.74) is 5.47. The van der Waals surface area contributed by atoms with Crippen molar-refractivity contribution in [2.24, 2.45) is 5.73 Å². The number of urea groups is 1. The highest BCUT2D eigenvalue weighted by molar-refractivity contribution is 5.76. The number of carbonyl (C=O) groups excluding carboxylic acids is 1. The quantitative estimate of drug-likeness (QED) is 0.611. The van der Waals surface area contributed by atoms with E-state index in [-0.39, 0.29) is 6.03 Å². The minimum Gasteiger partial charge on any atom is -0.336 e. The molecule has 0 atom stereocenters. The van der Waals surface area contributed by atoms with Crippen LogP contribution in [0.4, 0.5) is 4.79 Å². The Hall–Kier alpha value is -0.810. The van der Waals surface area contributed by atoms with Crippen molar-refractivity contribution in [2.45, 2.75) is 13.3 Å². The zero-order valence-corrected chi connectivity index (χ0v) is 9.54. The molecule has 1 rings (SSSR count). The van der Waals surface area contributed by atoms with Gasteiger partial charge in [0, 0.05) is 26.2 Å². The van der Waals surface area contributed by atoms with Crippen molar-refractivity contribution in [3.05, 3.63) is 0 Å². The van der Waals surface area contributed by atoms with E-state index in [1.54, 1.807) is 0 Å². The molecule has 0 spiro atoms. The van der Waals surface area contributed by atoms with Crippen LogP contribution in [0.5, 0.6) is 0 Å². The highest BCUT2D eigenvalue weighted by Gasteiger charge is 2.19. The summed E-state index contributed by atoms with van der Waals surface area (Å²) in [4.78, 5) is 15.5. The molecular weight excluding hydrogens is 192 g/mol. The van der Waals surface area contributed by atoms with E-state index in [1.807, 2.05) is 4.90 Å². The van der Waals surface area contributed by atoms with Gasteiger partial charge in [-0.25, -0.2) is 4.79 Å². The summed E-state index contributed by atoms with van der Waals surface area (Å²) in [5.74, 6) is 0. The van der Waals surface area contributed by atoms with Gasteiger partial charge >= 0.3 is 6.03 Å². The Labute approximate surface area is 91.6 Å². The number of likely N-dealkylation sites (N-methyl/N-ethyl adjacent to an activating group) is 1. The number of nitrogens with one attached hydrogen (secondary N) is 1. The molecule has 5 nitrogen and oxygen atoms in total. The summed E-state index contributed by atoms with van der Waals surface area (Å²) in [6, 6.07) is 0.0740. The van der Waals surface area contributed by atoms with Crippen LogP contribution in [0.25, 0.3) is 0 Å². The molecule has 0 unspecified atom stereocenters. The summed E-state index contributed by atoms with van der Waals surface area (Å²) < 4.78 is 0. The van der Waals surface area contributed by atoms with E-state index >= 15 is 0 Å². The largest absolute Gasteiger partial charge is 0.336 e. The van der Waals surface area contributed by atoms with E-state index in [4.69, 9.17) is 5.73 Å². The van der Waals surface area contributed by atoms with E-state index < -0.39 is 0 Å². The molecular formula is C10H22N4O. The van der Waals surface area contributed by atoms with Crippen molar-refractivity contribution in [3.8, 4) is 0 Å². The molecule has 0 aromatic carbocycles. The Morgan fingerprint density at radius 1 is 1.53 bits per heavy atom. The predicted molar refractivity (Wildman–Crippen MR) is 60.8 cm³/mol. The van der Waals surface area contributed by atoms with Crippen LogP contribution in [0.2, 0.25) is 0 Å². The van der Waals surface area contributed by atoms with Crippen LogP contribution in [-0.2, 0) is 0 Å². The number of amides is 2. The van der Waals surface area contributed by atoms with Crippen molar-refractivity contribution in [1.29, 1.82) is 0 Å². The Balaban J connectivity index is 2.18. The van der Waals surface area contributed by atoms with E-state index in [0.29, 0.717) is 0 Å². The smallest absolute Gasteiger partial charge is 0.317 e. The van der Waals surface area contributed by atoms with E-state index in [9.17, 15) is 4.79 Å². The molecule has 1 aliphatic rings. The Morgan fingerprint density at radius 2 is 2.33 bits per heavy atom. The summed E-state index contributed by atoms with van der Waals surface area (Å²) in [5, 5.41) is 2.80. The van der Waals surface area contributed by atoms with Crippen molar-refractivity contribution >= 4 is 6.03 Å². The minimum absolute atomic E-state index is 0.0740. The molecule has 0 bridgehead atoms. The number of hydrogen-bond acceptors (Lipinski definition) is 3. The predicted octanol–water partition coefficient (Wildman–Crippen LogP) is -0.318. The lowest BCUT2D eigenvalue weighted by Gasteiger charge is -2.23. The lowest BCUT2D eigenvalue weighted by atomic mass is 10.3. The van der Waals surface area contributed by atoms with Gasteiger partial charge in [0.05, 0.1) is 0 Å². The van der Waals surface area contributed by atoms with E-state index in [0.717, 1.165) is 52.2 Å². The molecule has 1 heterocycles. The maximum atomic E-state index is 11.3. The van der Waals surface area contributed by atoms with Gasteiger partial charge in [-0.05, 0) is 26.1 Å². The van der Waals surface area contributed by atoms with Gasteiger partial charge in [0.15, 0.2) is 0 Å². The van der Waals surface area contributed by atoms with Crippen molar-refractivity contribution in [3.63, 3.8) is 0 Å². The fraction of sp³-hybridized carbons (Fsp3) is 0.900. The van der Waals surface area contributed by atoms with Crippen LogP contribution in [0.15, 0.2) is 0 Å². The van der Waals surface area contributed by atoms with Crippen LogP contribution in [-0.4, -0.2) is 61.6 Å². The average Bonchev–Trinajstić information content (AvgIpc) is 2.65. The highest BCUT2D eigenvalue weighted by Crippen LogP contribution is 1.98. The van der Waals surface area contributed by atoms with Crippen molar-refractivity contribution in [1.82, 2.24) is 15.1 Å². The Kier molecular flexibility index (Phi) is 5.42. The standard InChI is InChI=1S/C10H22N4O/c1-2-13(6-3-4-11)8-9-14-7-5-12-10(14)15/h2-9,11H2,1H3,(H,12,15). The molecule has 0 aliphatic carbocycles. The number of hydrogen-bond donors (Lipinski definition) is 2. The van der Waals surface area contributed by atoms with Crippen LogP contribution in [0.3, 0.4) is 0 Å². The summed E-state index contributed by atoms with van der Waals surface area (Å²) in [6.45, 7) is 8.33. The first-order valence-corrected chi connectivity index (χ1v) is 5.73. The minimum atomic E-state index is 0.0740. The molecule has 0 aromatic heterocycles. The van der Waals surface area contributed by atoms with Crippen LogP contribution in [0, 0.1) is 0 Å². The van der Waals surface area contributed by atoms with Crippen LogP contribution in [0.1, 0.15) is 13.3 Å². The first kappa shape index (κ1) is 12.3. The maximum absolute atomic E-state index is 11.3. The zero-order valence-electron chi connectivity index (χ0n) is 9.54. The Bertz CT molecular complexity index is 198. The van der Waals surface area contributed by atoms with Gasteiger partial charge in [0.25, 0.3) is 0 Å². The zero-order chi connectivity index (χ0) is 11.1. The first-order chi connectivity index (χ1) is 7.27. The molecule has 88 valence electrons. The lowest BCUT2D eigenvalue weighted by Crippen LogP contribution is -2.37. The second kappa shape index (κ2) is 6.63. The Morgan fingerprint density at radius 3 is 2.87 bits per heavy atom. The van der Waals surface area contributed by atoms with Gasteiger partial charge in [0.2, 0.25) is 0 Å². The van der Waals surface area contributed by atoms with Gasteiger partial charge in [-0.1, -0.05) is 6.92 Å². The fourth-order valence-corrected chi connectivity index (χ4v) is 1.73. The van der Waals surface area contributed by atoms with Gasteiger partial charge in [-0.15, -0.1) is 0 Å². The summed E-state index contributed by atoms with van der Waals surface area (Å²) in [7, 11) is 0. The fourth-order valence-electron chi connectivity index (χ4n) is 1.73. The molecule has 2 amide bonds. The van der Waals surface area contributed by atoms with Crippen LogP contribution >= 0.6 is 0 Å². The number of nitrogens with two attached hydrogens (primary N) is 1. The maximum Gasteiger partial charge on any atom is 0.317 e. The topological polar surface area (TPSA) is 61.6 Å². The molecule has 15 heavy (non-hydrogen) atoms. The summed E-state index contributed by atoms with van der Waals surface area (Å²) >= 11 is 0. The van der Waals surface area contributed by atoms with Crippen molar-refractivity contribution in [2.75, 3.05) is 45.8 Å². The number of rotatable bonds is 7. The van der Waals surface area contributed by atoms with Gasteiger partial charge < -0.3 is 20.9 Å². The average molecular weight is 214 g/mol. The molecule has 1 fully saturated rings. The molecule has 0 aromatic rings. The second-order valence-electron chi connectivity index (χ2n) is 3.80. The highest BCUT2D eigenvalue weighted by atomic mass is 16.2. The third-order valence-electron chi connectivity index (χ3n) is 2.76. The molecule has 5 heteroatoms. The monoisotopic (exact) mass is 214 g/mol.